The predicted octanol–water partition coefficient (Wildman–Crippen LogP) is 3.38. The molecule has 1 atom stereocenters. The first kappa shape index (κ1) is 21.4. The monoisotopic (exact) mass is 455 g/mol. The molecule has 0 spiro atoms. The van der Waals surface area contributed by atoms with Gasteiger partial charge in [-0.1, -0.05) is 23.7 Å². The Hall–Kier alpha value is -3.85. The maximum absolute atomic E-state index is 12.7. The molecule has 0 aliphatic rings. The normalized spacial score (nSPS) is 12.0. The number of ether oxygens (including phenoxy) is 2. The molecule has 1 N–H and O–H groups in total. The minimum atomic E-state index is -1.13. The molecule has 10 heteroatoms. The van der Waals surface area contributed by atoms with E-state index in [9.17, 15) is 14.4 Å². The second-order valence-corrected chi connectivity index (χ2v) is 7.36. The number of hydrogen-bond acceptors (Lipinski definition) is 7. The summed E-state index contributed by atoms with van der Waals surface area (Å²) in [4.78, 5) is 41.7. The van der Waals surface area contributed by atoms with Crippen molar-refractivity contribution in [1.82, 2.24) is 9.55 Å². The Morgan fingerprint density at radius 3 is 2.81 bits per heavy atom. The summed E-state index contributed by atoms with van der Waals surface area (Å²) < 4.78 is 17.0. The van der Waals surface area contributed by atoms with Gasteiger partial charge in [0.05, 0.1) is 19.1 Å². The summed E-state index contributed by atoms with van der Waals surface area (Å²) in [5.41, 5.74) is 0.792. The fourth-order valence-electron chi connectivity index (χ4n) is 3.17. The SMILES string of the molecule is COc1ccc(Cl)cc1NC(=O)C(C)OC(=O)Cn1cnc2c(oc3ccccc32)c1=O. The van der Waals surface area contributed by atoms with Crippen LogP contribution < -0.4 is 15.6 Å². The Balaban J connectivity index is 1.46. The first-order valence-electron chi connectivity index (χ1n) is 9.58. The van der Waals surface area contributed by atoms with E-state index < -0.39 is 30.1 Å². The number of carbonyl (C=O) groups excluding carboxylic acids is 2. The highest BCUT2D eigenvalue weighted by Gasteiger charge is 2.21. The Labute approximate surface area is 186 Å². The number of hydrogen-bond donors (Lipinski definition) is 1. The number of rotatable bonds is 6. The maximum Gasteiger partial charge on any atom is 0.326 e. The smallest absolute Gasteiger partial charge is 0.326 e. The van der Waals surface area contributed by atoms with Gasteiger partial charge < -0.3 is 19.2 Å². The van der Waals surface area contributed by atoms with E-state index in [4.69, 9.17) is 25.5 Å². The lowest BCUT2D eigenvalue weighted by Gasteiger charge is -2.15. The third kappa shape index (κ3) is 4.15. The van der Waals surface area contributed by atoms with Crippen molar-refractivity contribution in [2.75, 3.05) is 12.4 Å². The quantitative estimate of drug-likeness (QED) is 0.443. The summed E-state index contributed by atoms with van der Waals surface area (Å²) in [5, 5.41) is 3.71. The molecule has 4 aromatic rings. The van der Waals surface area contributed by atoms with Gasteiger partial charge in [0.1, 0.15) is 23.4 Å². The van der Waals surface area contributed by atoms with Gasteiger partial charge in [-0.05, 0) is 37.3 Å². The van der Waals surface area contributed by atoms with Gasteiger partial charge in [0, 0.05) is 10.4 Å². The number of carbonyl (C=O) groups is 2. The molecule has 0 aliphatic heterocycles. The number of esters is 1. The Kier molecular flexibility index (Phi) is 5.83. The van der Waals surface area contributed by atoms with E-state index in [2.05, 4.69) is 10.3 Å². The highest BCUT2D eigenvalue weighted by Crippen LogP contribution is 2.28. The molecule has 0 fully saturated rings. The Bertz CT molecular complexity index is 1390. The molecular formula is C22H18ClN3O6. The number of anilines is 1. The van der Waals surface area contributed by atoms with Gasteiger partial charge in [-0.25, -0.2) is 4.98 Å². The second-order valence-electron chi connectivity index (χ2n) is 6.92. The van der Waals surface area contributed by atoms with Crippen LogP contribution in [0, 0.1) is 0 Å². The summed E-state index contributed by atoms with van der Waals surface area (Å²) in [6, 6.07) is 11.8. The number of aromatic nitrogens is 2. The molecule has 2 aromatic heterocycles. The first-order valence-corrected chi connectivity index (χ1v) is 9.95. The number of benzene rings is 2. The van der Waals surface area contributed by atoms with Gasteiger partial charge in [0.2, 0.25) is 5.58 Å². The van der Waals surface area contributed by atoms with Crippen LogP contribution in [-0.4, -0.2) is 34.6 Å². The third-order valence-electron chi connectivity index (χ3n) is 4.75. The molecule has 0 saturated carbocycles. The number of nitrogens with one attached hydrogen (secondary N) is 1. The lowest BCUT2D eigenvalue weighted by molar-refractivity contribution is -0.153. The maximum atomic E-state index is 12.7. The van der Waals surface area contributed by atoms with E-state index in [0.717, 1.165) is 4.57 Å². The molecule has 0 saturated heterocycles. The van der Waals surface area contributed by atoms with Gasteiger partial charge in [-0.3, -0.25) is 19.0 Å². The van der Waals surface area contributed by atoms with Crippen molar-refractivity contribution >= 4 is 51.2 Å². The zero-order chi connectivity index (χ0) is 22.8. The Morgan fingerprint density at radius 2 is 2.03 bits per heavy atom. The molecule has 0 radical (unpaired) electrons. The lowest BCUT2D eigenvalue weighted by atomic mass is 10.2. The summed E-state index contributed by atoms with van der Waals surface area (Å²) in [7, 11) is 1.45. The fraction of sp³-hybridized carbons (Fsp3) is 0.182. The molecule has 164 valence electrons. The zero-order valence-electron chi connectivity index (χ0n) is 17.1. The zero-order valence-corrected chi connectivity index (χ0v) is 17.9. The molecule has 2 heterocycles. The van der Waals surface area contributed by atoms with Crippen LogP contribution >= 0.6 is 11.6 Å². The number of fused-ring (bicyclic) bond motifs is 3. The van der Waals surface area contributed by atoms with Crippen molar-refractivity contribution in [2.45, 2.75) is 19.6 Å². The number of nitrogens with zero attached hydrogens (tertiary/aromatic N) is 2. The summed E-state index contributed by atoms with van der Waals surface area (Å²) in [6.45, 7) is 0.977. The van der Waals surface area contributed by atoms with Gasteiger partial charge in [-0.15, -0.1) is 0 Å². The van der Waals surface area contributed by atoms with Crippen LogP contribution in [0.3, 0.4) is 0 Å². The van der Waals surface area contributed by atoms with Crippen LogP contribution in [0.25, 0.3) is 22.1 Å². The molecule has 4 rings (SSSR count). The van der Waals surface area contributed by atoms with Gasteiger partial charge in [-0.2, -0.15) is 0 Å². The molecule has 32 heavy (non-hydrogen) atoms. The van der Waals surface area contributed by atoms with E-state index in [-0.39, 0.29) is 5.58 Å². The van der Waals surface area contributed by atoms with Crippen LogP contribution in [-0.2, 0) is 20.9 Å². The van der Waals surface area contributed by atoms with E-state index in [0.29, 0.717) is 32.9 Å². The van der Waals surface area contributed by atoms with Crippen LogP contribution in [0.1, 0.15) is 6.92 Å². The van der Waals surface area contributed by atoms with Gasteiger partial charge >= 0.3 is 5.97 Å². The predicted molar refractivity (Wildman–Crippen MR) is 118 cm³/mol. The largest absolute Gasteiger partial charge is 0.495 e. The van der Waals surface area contributed by atoms with Crippen LogP contribution in [0.4, 0.5) is 5.69 Å². The number of para-hydroxylation sites is 1. The number of amides is 1. The highest BCUT2D eigenvalue weighted by atomic mass is 35.5. The summed E-state index contributed by atoms with van der Waals surface area (Å²) >= 11 is 5.96. The minimum Gasteiger partial charge on any atom is -0.495 e. The van der Waals surface area contributed by atoms with Crippen LogP contribution in [0.5, 0.6) is 5.75 Å². The first-order chi connectivity index (χ1) is 15.4. The fourth-order valence-corrected chi connectivity index (χ4v) is 3.34. The number of halogens is 1. The highest BCUT2D eigenvalue weighted by molar-refractivity contribution is 6.31. The van der Waals surface area contributed by atoms with Crippen molar-refractivity contribution in [3.63, 3.8) is 0 Å². The van der Waals surface area contributed by atoms with E-state index in [1.165, 1.54) is 26.4 Å². The molecule has 2 aromatic carbocycles. The second kappa shape index (κ2) is 8.72. The average molecular weight is 456 g/mol. The van der Waals surface area contributed by atoms with Crippen LogP contribution in [0.2, 0.25) is 5.02 Å². The Morgan fingerprint density at radius 1 is 1.25 bits per heavy atom. The summed E-state index contributed by atoms with van der Waals surface area (Å²) in [5.74, 6) is -0.972. The number of furan rings is 1. The third-order valence-corrected chi connectivity index (χ3v) is 4.98. The molecule has 1 amide bonds. The molecule has 0 aliphatic carbocycles. The van der Waals surface area contributed by atoms with Crippen molar-refractivity contribution in [2.24, 2.45) is 0 Å². The molecule has 9 nitrogen and oxygen atoms in total. The van der Waals surface area contributed by atoms with Crippen molar-refractivity contribution < 1.29 is 23.5 Å². The molecular weight excluding hydrogens is 438 g/mol. The molecule has 0 bridgehead atoms. The standard InChI is InChI=1S/C22H18ClN3O6/c1-12(21(28)25-15-9-13(23)7-8-17(15)30-2)31-18(27)10-26-11-24-19-14-5-3-4-6-16(14)32-20(19)22(26)29/h3-9,11-12H,10H2,1-2H3,(H,25,28). The number of methoxy groups -OCH3 is 1. The minimum absolute atomic E-state index is 0.0420. The van der Waals surface area contributed by atoms with E-state index in [1.54, 1.807) is 30.3 Å². The van der Waals surface area contributed by atoms with Gasteiger partial charge in [0.15, 0.2) is 6.10 Å². The lowest BCUT2D eigenvalue weighted by Crippen LogP contribution is -2.33. The molecule has 1 unspecified atom stereocenters. The van der Waals surface area contributed by atoms with Crippen molar-refractivity contribution in [1.29, 1.82) is 0 Å². The van der Waals surface area contributed by atoms with Crippen LogP contribution in [0.15, 0.2) is 58.0 Å². The van der Waals surface area contributed by atoms with Crippen molar-refractivity contribution in [3.05, 3.63) is 64.2 Å². The van der Waals surface area contributed by atoms with Crippen molar-refractivity contribution in [3.8, 4) is 5.75 Å². The van der Waals surface area contributed by atoms with E-state index >= 15 is 0 Å². The van der Waals surface area contributed by atoms with E-state index in [1.807, 2.05) is 6.07 Å². The topological polar surface area (TPSA) is 113 Å². The van der Waals surface area contributed by atoms with Gasteiger partial charge in [0.25, 0.3) is 11.5 Å². The summed E-state index contributed by atoms with van der Waals surface area (Å²) in [6.07, 6.45) is 0.111. The average Bonchev–Trinajstić information content (AvgIpc) is 3.15.